The van der Waals surface area contributed by atoms with Gasteiger partial charge in [0.05, 0.1) is 5.52 Å². The predicted molar refractivity (Wildman–Crippen MR) is 111 cm³/mol. The van der Waals surface area contributed by atoms with E-state index in [0.29, 0.717) is 18.8 Å². The fourth-order valence-electron chi connectivity index (χ4n) is 3.42. The molecule has 0 radical (unpaired) electrons. The second-order valence-corrected chi connectivity index (χ2v) is 7.12. The number of nitrogens with one attached hydrogen (secondary N) is 2. The number of para-hydroxylation sites is 1. The topological polar surface area (TPSA) is 76.0 Å². The van der Waals surface area contributed by atoms with Crippen LogP contribution in [0.4, 0.5) is 5.82 Å². The number of hydrogen-bond acceptors (Lipinski definition) is 5. The summed E-state index contributed by atoms with van der Waals surface area (Å²) in [5.41, 5.74) is 1.93. The maximum atomic E-state index is 12.7. The van der Waals surface area contributed by atoms with E-state index in [1.54, 1.807) is 0 Å². The molecule has 0 aliphatic carbocycles. The zero-order valence-corrected chi connectivity index (χ0v) is 16.0. The third-order valence-electron chi connectivity index (χ3n) is 4.86. The van der Waals surface area contributed by atoms with E-state index in [2.05, 4.69) is 15.6 Å². The van der Waals surface area contributed by atoms with Gasteiger partial charge in [0.1, 0.15) is 11.9 Å². The number of hydrogen-bond donors (Lipinski definition) is 2. The molecule has 142 valence electrons. The summed E-state index contributed by atoms with van der Waals surface area (Å²) in [6, 6.07) is 17.1. The highest BCUT2D eigenvalue weighted by molar-refractivity contribution is 7.71. The minimum atomic E-state index is -0.478. The molecule has 1 amide bonds. The number of carbonyl (C=O) groups excluding carboxylic acids is 2. The van der Waals surface area contributed by atoms with Gasteiger partial charge in [-0.3, -0.25) is 9.59 Å². The van der Waals surface area contributed by atoms with Gasteiger partial charge in [-0.15, -0.1) is 0 Å². The molecule has 0 spiro atoms. The van der Waals surface area contributed by atoms with Crippen molar-refractivity contribution in [3.05, 3.63) is 64.9 Å². The van der Waals surface area contributed by atoms with Crippen LogP contribution < -0.4 is 10.6 Å². The standard InChI is InChI=1S/C21H20N4O2S/c26-18(22-13-12-14-6-2-1-3-7-14)11-10-17-20(27)25-19(23-17)15-8-4-5-9-16(15)24-21(25)28/h1-9,17,23H,10-13H2,(H,22,26)/t17-/m1/s1. The second kappa shape index (κ2) is 7.90. The maximum absolute atomic E-state index is 12.7. The van der Waals surface area contributed by atoms with Gasteiger partial charge in [0.2, 0.25) is 10.7 Å². The summed E-state index contributed by atoms with van der Waals surface area (Å²) in [4.78, 5) is 29.2. The van der Waals surface area contributed by atoms with Crippen LogP contribution in [0.1, 0.15) is 23.2 Å². The monoisotopic (exact) mass is 392 g/mol. The van der Waals surface area contributed by atoms with Crippen molar-refractivity contribution in [2.75, 3.05) is 11.9 Å². The molecule has 2 heterocycles. The smallest absolute Gasteiger partial charge is 0.257 e. The molecule has 4 rings (SSSR count). The first kappa shape index (κ1) is 18.3. The zero-order valence-electron chi connectivity index (χ0n) is 15.2. The van der Waals surface area contributed by atoms with Gasteiger partial charge in [0.15, 0.2) is 0 Å². The summed E-state index contributed by atoms with van der Waals surface area (Å²) in [6.45, 7) is 0.578. The van der Waals surface area contributed by atoms with Crippen LogP contribution in [0.3, 0.4) is 0 Å². The van der Waals surface area contributed by atoms with Gasteiger partial charge in [-0.1, -0.05) is 42.5 Å². The van der Waals surface area contributed by atoms with Crippen molar-refractivity contribution in [3.63, 3.8) is 0 Å². The van der Waals surface area contributed by atoms with E-state index in [9.17, 15) is 9.59 Å². The minimum absolute atomic E-state index is 0.0620. The van der Waals surface area contributed by atoms with Crippen LogP contribution in [0, 0.1) is 4.77 Å². The molecular formula is C21H20N4O2S. The van der Waals surface area contributed by atoms with Crippen LogP contribution in [0.15, 0.2) is 54.6 Å². The van der Waals surface area contributed by atoms with Gasteiger partial charge >= 0.3 is 0 Å². The lowest BCUT2D eigenvalue weighted by Crippen LogP contribution is -2.30. The summed E-state index contributed by atoms with van der Waals surface area (Å²) in [5, 5.41) is 6.99. The molecule has 0 unspecified atom stereocenters. The molecule has 2 N–H and O–H groups in total. The van der Waals surface area contributed by atoms with Gasteiger partial charge in [-0.25, -0.2) is 9.55 Å². The van der Waals surface area contributed by atoms with Crippen molar-refractivity contribution < 1.29 is 9.59 Å². The Balaban J connectivity index is 1.36. The number of nitrogens with zero attached hydrogens (tertiary/aromatic N) is 2. The third kappa shape index (κ3) is 3.66. The maximum Gasteiger partial charge on any atom is 0.257 e. The quantitative estimate of drug-likeness (QED) is 0.629. The van der Waals surface area contributed by atoms with Crippen LogP contribution in [0.25, 0.3) is 10.9 Å². The molecule has 7 heteroatoms. The SMILES string of the molecule is O=C(CC[C@H]1Nc2c3ccccc3nc(=S)n2C1=O)NCCc1ccccc1. The fourth-order valence-corrected chi connectivity index (χ4v) is 3.70. The fraction of sp³-hybridized carbons (Fsp3) is 0.238. The Bertz CT molecular complexity index is 1090. The molecular weight excluding hydrogens is 372 g/mol. The van der Waals surface area contributed by atoms with Gasteiger partial charge in [-0.2, -0.15) is 0 Å². The molecule has 6 nitrogen and oxygen atoms in total. The van der Waals surface area contributed by atoms with Gasteiger partial charge in [0, 0.05) is 18.4 Å². The van der Waals surface area contributed by atoms with Crippen molar-refractivity contribution in [2.24, 2.45) is 0 Å². The van der Waals surface area contributed by atoms with E-state index in [-0.39, 0.29) is 23.0 Å². The molecule has 0 fully saturated rings. The Labute approximate surface area is 167 Å². The number of benzene rings is 2. The average Bonchev–Trinajstić information content (AvgIpc) is 3.05. The molecule has 0 saturated heterocycles. The number of rotatable bonds is 6. The molecule has 2 aromatic carbocycles. The Kier molecular flexibility index (Phi) is 5.16. The molecule has 0 bridgehead atoms. The molecule has 3 aromatic rings. The average molecular weight is 392 g/mol. The Morgan fingerprint density at radius 3 is 2.71 bits per heavy atom. The molecule has 0 saturated carbocycles. The molecule has 1 aromatic heterocycles. The van der Waals surface area contributed by atoms with Gasteiger partial charge < -0.3 is 10.6 Å². The Hall–Kier alpha value is -3.06. The van der Waals surface area contributed by atoms with E-state index in [0.717, 1.165) is 17.3 Å². The highest BCUT2D eigenvalue weighted by atomic mass is 32.1. The zero-order chi connectivity index (χ0) is 19.5. The molecule has 1 aliphatic rings. The number of anilines is 1. The van der Waals surface area contributed by atoms with E-state index >= 15 is 0 Å². The molecule has 28 heavy (non-hydrogen) atoms. The number of amides is 1. The van der Waals surface area contributed by atoms with E-state index in [4.69, 9.17) is 12.2 Å². The van der Waals surface area contributed by atoms with Crippen molar-refractivity contribution in [3.8, 4) is 0 Å². The van der Waals surface area contributed by atoms with Crippen LogP contribution in [0.5, 0.6) is 0 Å². The van der Waals surface area contributed by atoms with Gasteiger partial charge in [-0.05, 0) is 42.8 Å². The van der Waals surface area contributed by atoms with Crippen LogP contribution in [-0.2, 0) is 11.2 Å². The number of fused-ring (bicyclic) bond motifs is 3. The Morgan fingerprint density at radius 1 is 1.14 bits per heavy atom. The first-order chi connectivity index (χ1) is 13.6. The summed E-state index contributed by atoms with van der Waals surface area (Å²) in [6.07, 6.45) is 1.46. The van der Waals surface area contributed by atoms with Crippen molar-refractivity contribution in [2.45, 2.75) is 25.3 Å². The van der Waals surface area contributed by atoms with Crippen molar-refractivity contribution in [1.29, 1.82) is 0 Å². The molecule has 1 aliphatic heterocycles. The lowest BCUT2D eigenvalue weighted by atomic mass is 10.1. The van der Waals surface area contributed by atoms with Crippen molar-refractivity contribution in [1.82, 2.24) is 14.9 Å². The van der Waals surface area contributed by atoms with Crippen LogP contribution >= 0.6 is 12.2 Å². The van der Waals surface area contributed by atoms with Crippen molar-refractivity contribution >= 4 is 40.8 Å². The van der Waals surface area contributed by atoms with Gasteiger partial charge in [0.25, 0.3) is 5.91 Å². The predicted octanol–water partition coefficient (Wildman–Crippen LogP) is 3.34. The van der Waals surface area contributed by atoms with Crippen LogP contribution in [0.2, 0.25) is 0 Å². The number of aromatic nitrogens is 2. The molecule has 1 atom stereocenters. The largest absolute Gasteiger partial charge is 0.359 e. The summed E-state index contributed by atoms with van der Waals surface area (Å²) in [5.74, 6) is 0.443. The highest BCUT2D eigenvalue weighted by Crippen LogP contribution is 2.28. The van der Waals surface area contributed by atoms with E-state index in [1.807, 2.05) is 54.6 Å². The first-order valence-corrected chi connectivity index (χ1v) is 9.67. The van der Waals surface area contributed by atoms with E-state index < -0.39 is 6.04 Å². The first-order valence-electron chi connectivity index (χ1n) is 9.26. The van der Waals surface area contributed by atoms with Crippen LogP contribution in [-0.4, -0.2) is 34.0 Å². The lowest BCUT2D eigenvalue weighted by Gasteiger charge is -2.09. The highest BCUT2D eigenvalue weighted by Gasteiger charge is 2.31. The summed E-state index contributed by atoms with van der Waals surface area (Å²) in [7, 11) is 0. The minimum Gasteiger partial charge on any atom is -0.359 e. The summed E-state index contributed by atoms with van der Waals surface area (Å²) < 4.78 is 1.68. The third-order valence-corrected chi connectivity index (χ3v) is 5.13. The lowest BCUT2D eigenvalue weighted by molar-refractivity contribution is -0.121. The Morgan fingerprint density at radius 2 is 1.89 bits per heavy atom. The summed E-state index contributed by atoms with van der Waals surface area (Å²) >= 11 is 5.29. The number of carbonyl (C=O) groups is 2. The second-order valence-electron chi connectivity index (χ2n) is 6.75. The normalized spacial score (nSPS) is 15.3. The van der Waals surface area contributed by atoms with E-state index in [1.165, 1.54) is 10.1 Å².